The molecule has 1 saturated carbocycles. The third-order valence-electron chi connectivity index (χ3n) is 3.79. The van der Waals surface area contributed by atoms with Gasteiger partial charge in [0, 0.05) is 11.6 Å². The fraction of sp³-hybridized carbons (Fsp3) is 0.500. The third-order valence-corrected chi connectivity index (χ3v) is 3.79. The van der Waals surface area contributed by atoms with E-state index in [9.17, 15) is 14.7 Å². The van der Waals surface area contributed by atoms with Crippen LogP contribution in [0.4, 0.5) is 0 Å². The van der Waals surface area contributed by atoms with E-state index in [1.807, 2.05) is 19.1 Å². The highest BCUT2D eigenvalue weighted by Gasteiger charge is 2.20. The van der Waals surface area contributed by atoms with Crippen LogP contribution < -0.4 is 10.6 Å². The minimum absolute atomic E-state index is 0.0221. The maximum atomic E-state index is 11.9. The maximum absolute atomic E-state index is 11.9. The highest BCUT2D eigenvalue weighted by atomic mass is 16.3. The molecule has 0 radical (unpaired) electrons. The molecule has 0 aliphatic heterocycles. The zero-order valence-corrected chi connectivity index (χ0v) is 12.3. The van der Waals surface area contributed by atoms with Gasteiger partial charge in [0.2, 0.25) is 5.91 Å². The van der Waals surface area contributed by atoms with E-state index in [1.54, 1.807) is 12.1 Å². The summed E-state index contributed by atoms with van der Waals surface area (Å²) in [5.74, 6) is -0.430. The second-order valence-corrected chi connectivity index (χ2v) is 5.62. The Labute approximate surface area is 124 Å². The van der Waals surface area contributed by atoms with Crippen LogP contribution in [0.15, 0.2) is 24.3 Å². The molecule has 1 aromatic rings. The first-order valence-electron chi connectivity index (χ1n) is 7.37. The van der Waals surface area contributed by atoms with E-state index in [-0.39, 0.29) is 30.5 Å². The lowest BCUT2D eigenvalue weighted by molar-refractivity contribution is -0.121. The van der Waals surface area contributed by atoms with E-state index in [2.05, 4.69) is 10.6 Å². The molecule has 0 atom stereocenters. The number of aliphatic hydroxyl groups excluding tert-OH is 1. The van der Waals surface area contributed by atoms with Crippen LogP contribution in [0.25, 0.3) is 0 Å². The number of aliphatic hydroxyl groups is 1. The fourth-order valence-corrected chi connectivity index (χ4v) is 2.47. The molecule has 1 aliphatic carbocycles. The van der Waals surface area contributed by atoms with Gasteiger partial charge in [-0.25, -0.2) is 0 Å². The van der Waals surface area contributed by atoms with Gasteiger partial charge in [0.25, 0.3) is 5.91 Å². The van der Waals surface area contributed by atoms with Crippen molar-refractivity contribution in [3.8, 4) is 0 Å². The lowest BCUT2D eigenvalue weighted by Crippen LogP contribution is -2.43. The molecule has 0 bridgehead atoms. The molecular formula is C16H22N2O3. The van der Waals surface area contributed by atoms with Crippen LogP contribution in [0.3, 0.4) is 0 Å². The Morgan fingerprint density at radius 2 is 1.76 bits per heavy atom. The maximum Gasteiger partial charge on any atom is 0.251 e. The molecule has 1 aliphatic rings. The van der Waals surface area contributed by atoms with Crippen LogP contribution in [-0.4, -0.2) is 35.6 Å². The highest BCUT2D eigenvalue weighted by Crippen LogP contribution is 2.18. The van der Waals surface area contributed by atoms with Gasteiger partial charge in [0.15, 0.2) is 0 Å². The smallest absolute Gasteiger partial charge is 0.251 e. The molecule has 1 fully saturated rings. The predicted molar refractivity (Wildman–Crippen MR) is 79.9 cm³/mol. The van der Waals surface area contributed by atoms with Crippen LogP contribution in [-0.2, 0) is 4.79 Å². The Bertz CT molecular complexity index is 491. The number of benzene rings is 1. The van der Waals surface area contributed by atoms with Gasteiger partial charge in [-0.15, -0.1) is 0 Å². The van der Waals surface area contributed by atoms with Crippen LogP contribution in [0.2, 0.25) is 0 Å². The molecule has 114 valence electrons. The van der Waals surface area contributed by atoms with E-state index in [0.717, 1.165) is 31.2 Å². The molecule has 0 unspecified atom stereocenters. The Balaban J connectivity index is 1.73. The van der Waals surface area contributed by atoms with Crippen molar-refractivity contribution in [3.05, 3.63) is 35.4 Å². The van der Waals surface area contributed by atoms with Gasteiger partial charge in [0.05, 0.1) is 12.6 Å². The molecule has 3 N–H and O–H groups in total. The van der Waals surface area contributed by atoms with Gasteiger partial charge < -0.3 is 15.7 Å². The summed E-state index contributed by atoms with van der Waals surface area (Å²) in [5.41, 5.74) is 1.64. The minimum atomic E-state index is -0.246. The number of nitrogens with one attached hydrogen (secondary N) is 2. The fourth-order valence-electron chi connectivity index (χ4n) is 2.47. The summed E-state index contributed by atoms with van der Waals surface area (Å²) in [6.07, 6.45) is 2.79. The normalized spacial score (nSPS) is 21.6. The summed E-state index contributed by atoms with van der Waals surface area (Å²) in [6.45, 7) is 1.93. The first-order chi connectivity index (χ1) is 10.0. The molecule has 5 nitrogen and oxygen atoms in total. The van der Waals surface area contributed by atoms with Crippen molar-refractivity contribution < 1.29 is 14.7 Å². The minimum Gasteiger partial charge on any atom is -0.393 e. The van der Waals surface area contributed by atoms with Gasteiger partial charge in [-0.2, -0.15) is 0 Å². The molecule has 0 aromatic heterocycles. The highest BCUT2D eigenvalue weighted by molar-refractivity contribution is 5.96. The second kappa shape index (κ2) is 7.22. The van der Waals surface area contributed by atoms with Crippen LogP contribution in [0.5, 0.6) is 0 Å². The molecule has 1 aromatic carbocycles. The third kappa shape index (κ3) is 4.86. The zero-order valence-electron chi connectivity index (χ0n) is 12.3. The average Bonchev–Trinajstić information content (AvgIpc) is 2.48. The van der Waals surface area contributed by atoms with Crippen LogP contribution >= 0.6 is 0 Å². The average molecular weight is 290 g/mol. The zero-order chi connectivity index (χ0) is 15.2. The van der Waals surface area contributed by atoms with Crippen LogP contribution in [0, 0.1) is 6.92 Å². The molecule has 0 heterocycles. The monoisotopic (exact) mass is 290 g/mol. The number of carbonyl (C=O) groups is 2. The molecule has 5 heteroatoms. The predicted octanol–water partition coefficient (Wildman–Crippen LogP) is 1.14. The summed E-state index contributed by atoms with van der Waals surface area (Å²) in [4.78, 5) is 23.7. The van der Waals surface area contributed by atoms with Crippen molar-refractivity contribution in [2.24, 2.45) is 0 Å². The van der Waals surface area contributed by atoms with E-state index >= 15 is 0 Å². The molecular weight excluding hydrogens is 268 g/mol. The van der Waals surface area contributed by atoms with E-state index in [0.29, 0.717) is 5.56 Å². The summed E-state index contributed by atoms with van der Waals surface area (Å²) in [6, 6.07) is 7.32. The largest absolute Gasteiger partial charge is 0.393 e. The van der Waals surface area contributed by atoms with Gasteiger partial charge >= 0.3 is 0 Å². The Morgan fingerprint density at radius 1 is 1.14 bits per heavy atom. The molecule has 0 saturated heterocycles. The van der Waals surface area contributed by atoms with E-state index in [1.165, 1.54) is 0 Å². The summed E-state index contributed by atoms with van der Waals surface area (Å²) < 4.78 is 0. The number of hydrogen-bond acceptors (Lipinski definition) is 3. The Morgan fingerprint density at radius 3 is 2.38 bits per heavy atom. The van der Waals surface area contributed by atoms with Crippen molar-refractivity contribution in [3.63, 3.8) is 0 Å². The molecule has 0 spiro atoms. The number of hydrogen-bond donors (Lipinski definition) is 3. The standard InChI is InChI=1S/C16H22N2O3/c1-11-2-4-12(5-3-11)16(21)17-10-15(20)18-13-6-8-14(19)9-7-13/h2-5,13-14,19H,6-10H2,1H3,(H,17,21)(H,18,20). The number of rotatable bonds is 4. The van der Waals surface area contributed by atoms with Gasteiger partial charge in [-0.1, -0.05) is 17.7 Å². The number of carbonyl (C=O) groups excluding carboxylic acids is 2. The molecule has 21 heavy (non-hydrogen) atoms. The first-order valence-corrected chi connectivity index (χ1v) is 7.37. The lowest BCUT2D eigenvalue weighted by Gasteiger charge is -2.26. The van der Waals surface area contributed by atoms with Crippen molar-refractivity contribution in [2.45, 2.75) is 44.8 Å². The van der Waals surface area contributed by atoms with Crippen LogP contribution in [0.1, 0.15) is 41.6 Å². The molecule has 2 rings (SSSR count). The topological polar surface area (TPSA) is 78.4 Å². The SMILES string of the molecule is Cc1ccc(C(=O)NCC(=O)NC2CCC(O)CC2)cc1. The van der Waals surface area contributed by atoms with Crippen molar-refractivity contribution in [1.82, 2.24) is 10.6 Å². The van der Waals surface area contributed by atoms with Gasteiger partial charge in [-0.3, -0.25) is 9.59 Å². The van der Waals surface area contributed by atoms with Crippen molar-refractivity contribution in [1.29, 1.82) is 0 Å². The van der Waals surface area contributed by atoms with E-state index < -0.39 is 0 Å². The summed E-state index contributed by atoms with van der Waals surface area (Å²) >= 11 is 0. The Kier molecular flexibility index (Phi) is 5.33. The second-order valence-electron chi connectivity index (χ2n) is 5.62. The Hall–Kier alpha value is -1.88. The first kappa shape index (κ1) is 15.5. The quantitative estimate of drug-likeness (QED) is 0.778. The van der Waals surface area contributed by atoms with Gasteiger partial charge in [-0.05, 0) is 44.7 Å². The van der Waals surface area contributed by atoms with Crippen molar-refractivity contribution in [2.75, 3.05) is 6.54 Å². The summed E-state index contributed by atoms with van der Waals surface area (Å²) in [5, 5.41) is 14.9. The van der Waals surface area contributed by atoms with Gasteiger partial charge in [0.1, 0.15) is 0 Å². The lowest BCUT2D eigenvalue weighted by atomic mass is 9.93. The van der Waals surface area contributed by atoms with E-state index in [4.69, 9.17) is 0 Å². The number of amides is 2. The summed E-state index contributed by atoms with van der Waals surface area (Å²) in [7, 11) is 0. The molecule has 2 amide bonds. The van der Waals surface area contributed by atoms with Crippen molar-refractivity contribution >= 4 is 11.8 Å². The number of aryl methyl sites for hydroxylation is 1.